The molecule has 0 fully saturated rings. The van der Waals surface area contributed by atoms with Crippen molar-refractivity contribution in [3.63, 3.8) is 0 Å². The van der Waals surface area contributed by atoms with Gasteiger partial charge in [-0.15, -0.1) is 0 Å². The minimum absolute atomic E-state index is 0.102. The lowest BCUT2D eigenvalue weighted by Gasteiger charge is -2.16. The molecule has 158 valence electrons. The van der Waals surface area contributed by atoms with Crippen LogP contribution in [0.25, 0.3) is 0 Å². The van der Waals surface area contributed by atoms with Crippen LogP contribution in [-0.2, 0) is 18.9 Å². The predicted molar refractivity (Wildman–Crippen MR) is 114 cm³/mol. The van der Waals surface area contributed by atoms with Crippen LogP contribution >= 0.6 is 0 Å². The number of nitrogens with zero attached hydrogens (tertiary/aromatic N) is 4. The van der Waals surface area contributed by atoms with Crippen LogP contribution in [-0.4, -0.2) is 74.2 Å². The topological polar surface area (TPSA) is 86.4 Å². The smallest absolute Gasteiger partial charge is 0.217 e. The maximum absolute atomic E-state index is 5.90. The second-order valence-electron chi connectivity index (χ2n) is 8.32. The van der Waals surface area contributed by atoms with Gasteiger partial charge in [0.25, 0.3) is 0 Å². The SMILES string of the molecule is C[C@@H]1COC(c2cc(C3=N[C@H](C)CO3)c(C3=N[C@H](C)CO3)cc2C2=N[C@H](C)CO2)=N1. The molecule has 0 saturated carbocycles. The number of rotatable bonds is 4. The molecular weight excluding hydrogens is 384 g/mol. The van der Waals surface area contributed by atoms with Crippen molar-refractivity contribution in [2.24, 2.45) is 20.0 Å². The van der Waals surface area contributed by atoms with Gasteiger partial charge < -0.3 is 18.9 Å². The predicted octanol–water partition coefficient (Wildman–Crippen LogP) is 2.35. The molecule has 0 amide bonds. The molecule has 0 aromatic heterocycles. The molecule has 0 unspecified atom stereocenters. The lowest BCUT2D eigenvalue weighted by molar-refractivity contribution is 0.319. The van der Waals surface area contributed by atoms with Crippen LogP contribution in [0.2, 0.25) is 0 Å². The summed E-state index contributed by atoms with van der Waals surface area (Å²) in [6, 6.07) is 4.41. The number of hydrogen-bond acceptors (Lipinski definition) is 8. The maximum Gasteiger partial charge on any atom is 0.217 e. The number of hydrogen-bond donors (Lipinski definition) is 0. The molecule has 0 aliphatic carbocycles. The molecule has 4 heterocycles. The summed E-state index contributed by atoms with van der Waals surface area (Å²) in [4.78, 5) is 18.7. The van der Waals surface area contributed by atoms with Gasteiger partial charge in [-0.25, -0.2) is 20.0 Å². The Labute approximate surface area is 175 Å². The van der Waals surface area contributed by atoms with Crippen LogP contribution in [0.1, 0.15) is 49.9 Å². The molecule has 4 aliphatic rings. The van der Waals surface area contributed by atoms with E-state index in [2.05, 4.69) is 20.0 Å². The lowest BCUT2D eigenvalue weighted by atomic mass is 9.97. The minimum Gasteiger partial charge on any atom is -0.475 e. The molecule has 0 N–H and O–H groups in total. The normalized spacial score (nSPS) is 30.0. The molecule has 0 bridgehead atoms. The Morgan fingerprint density at radius 1 is 0.500 bits per heavy atom. The molecule has 0 spiro atoms. The fourth-order valence-corrected chi connectivity index (χ4v) is 3.79. The lowest BCUT2D eigenvalue weighted by Crippen LogP contribution is -2.18. The second kappa shape index (κ2) is 7.41. The average molecular weight is 410 g/mol. The van der Waals surface area contributed by atoms with Crippen molar-refractivity contribution < 1.29 is 18.9 Å². The molecule has 30 heavy (non-hydrogen) atoms. The largest absolute Gasteiger partial charge is 0.475 e. The van der Waals surface area contributed by atoms with Gasteiger partial charge in [0.15, 0.2) is 0 Å². The molecule has 5 rings (SSSR count). The third-order valence-corrected chi connectivity index (χ3v) is 5.27. The molecule has 4 aliphatic heterocycles. The Morgan fingerprint density at radius 3 is 0.900 bits per heavy atom. The van der Waals surface area contributed by atoms with Gasteiger partial charge in [-0.2, -0.15) is 0 Å². The van der Waals surface area contributed by atoms with E-state index in [0.717, 1.165) is 22.3 Å². The van der Waals surface area contributed by atoms with Gasteiger partial charge in [0, 0.05) is 22.3 Å². The first-order valence-electron chi connectivity index (χ1n) is 10.5. The van der Waals surface area contributed by atoms with Crippen LogP contribution in [0.4, 0.5) is 0 Å². The summed E-state index contributed by atoms with van der Waals surface area (Å²) in [5.41, 5.74) is 3.29. The molecule has 1 aromatic rings. The second-order valence-corrected chi connectivity index (χ2v) is 8.32. The van der Waals surface area contributed by atoms with Crippen molar-refractivity contribution >= 4 is 23.6 Å². The maximum atomic E-state index is 5.90. The van der Waals surface area contributed by atoms with Crippen molar-refractivity contribution in [2.75, 3.05) is 26.4 Å². The van der Waals surface area contributed by atoms with E-state index in [9.17, 15) is 0 Å². The zero-order valence-electron chi connectivity index (χ0n) is 17.7. The highest BCUT2D eigenvalue weighted by atomic mass is 16.5. The van der Waals surface area contributed by atoms with Gasteiger partial charge in [-0.3, -0.25) is 0 Å². The first kappa shape index (κ1) is 19.1. The summed E-state index contributed by atoms with van der Waals surface area (Å²) in [7, 11) is 0. The Balaban J connectivity index is 1.71. The standard InChI is InChI=1S/C22H26N4O4/c1-11-7-27-19(23-11)15-5-17(21-25-13(3)9-29-21)18(22-26-14(4)10-30-22)6-16(15)20-24-12(2)8-28-20/h5-6,11-14H,7-10H2,1-4H3/t11-,12-,13-,14-/m1/s1. The van der Waals surface area contributed by atoms with Crippen LogP contribution in [0.5, 0.6) is 0 Å². The van der Waals surface area contributed by atoms with Crippen LogP contribution in [0.15, 0.2) is 32.1 Å². The molecule has 1 aromatic carbocycles. The number of ether oxygens (including phenoxy) is 4. The van der Waals surface area contributed by atoms with E-state index in [1.807, 2.05) is 39.8 Å². The van der Waals surface area contributed by atoms with Gasteiger partial charge in [0.05, 0.1) is 24.2 Å². The molecule has 8 nitrogen and oxygen atoms in total. The monoisotopic (exact) mass is 410 g/mol. The minimum atomic E-state index is 0.102. The van der Waals surface area contributed by atoms with Crippen molar-refractivity contribution in [2.45, 2.75) is 51.9 Å². The Bertz CT molecular complexity index is 843. The first-order chi connectivity index (χ1) is 14.5. The summed E-state index contributed by atoms with van der Waals surface area (Å²) in [6.45, 7) is 10.3. The summed E-state index contributed by atoms with van der Waals surface area (Å²) < 4.78 is 23.6. The molecule has 0 saturated heterocycles. The summed E-state index contributed by atoms with van der Waals surface area (Å²) >= 11 is 0. The Kier molecular flexibility index (Phi) is 4.72. The zero-order chi connectivity index (χ0) is 20.8. The van der Waals surface area contributed by atoms with Gasteiger partial charge >= 0.3 is 0 Å². The summed E-state index contributed by atoms with van der Waals surface area (Å²) in [5, 5.41) is 0. The molecule has 4 atom stereocenters. The quantitative estimate of drug-likeness (QED) is 0.762. The Morgan fingerprint density at radius 2 is 0.733 bits per heavy atom. The molecule has 0 radical (unpaired) electrons. The van der Waals surface area contributed by atoms with Gasteiger partial charge in [0.2, 0.25) is 23.6 Å². The molecular formula is C22H26N4O4. The number of benzene rings is 1. The van der Waals surface area contributed by atoms with Crippen molar-refractivity contribution in [1.29, 1.82) is 0 Å². The fourth-order valence-electron chi connectivity index (χ4n) is 3.79. The van der Waals surface area contributed by atoms with E-state index in [1.54, 1.807) is 0 Å². The van der Waals surface area contributed by atoms with E-state index < -0.39 is 0 Å². The van der Waals surface area contributed by atoms with Gasteiger partial charge in [-0.1, -0.05) is 0 Å². The fraction of sp³-hybridized carbons (Fsp3) is 0.545. The van der Waals surface area contributed by atoms with E-state index in [0.29, 0.717) is 50.0 Å². The van der Waals surface area contributed by atoms with E-state index >= 15 is 0 Å². The average Bonchev–Trinajstić information content (AvgIpc) is 3.50. The first-order valence-corrected chi connectivity index (χ1v) is 10.5. The van der Waals surface area contributed by atoms with Gasteiger partial charge in [0.1, 0.15) is 26.4 Å². The molecule has 8 heteroatoms. The third-order valence-electron chi connectivity index (χ3n) is 5.27. The van der Waals surface area contributed by atoms with Gasteiger partial charge in [-0.05, 0) is 39.8 Å². The van der Waals surface area contributed by atoms with Crippen LogP contribution in [0, 0.1) is 0 Å². The summed E-state index contributed by atoms with van der Waals surface area (Å²) in [5.74, 6) is 2.35. The van der Waals surface area contributed by atoms with Crippen molar-refractivity contribution in [1.82, 2.24) is 0 Å². The van der Waals surface area contributed by atoms with E-state index in [1.165, 1.54) is 0 Å². The zero-order valence-corrected chi connectivity index (χ0v) is 17.7. The third kappa shape index (κ3) is 3.44. The van der Waals surface area contributed by atoms with Crippen LogP contribution in [0.3, 0.4) is 0 Å². The highest BCUT2D eigenvalue weighted by molar-refractivity contribution is 6.14. The van der Waals surface area contributed by atoms with Crippen molar-refractivity contribution in [3.05, 3.63) is 34.4 Å². The highest BCUT2D eigenvalue weighted by Crippen LogP contribution is 2.28. The van der Waals surface area contributed by atoms with Crippen molar-refractivity contribution in [3.8, 4) is 0 Å². The van der Waals surface area contributed by atoms with E-state index in [-0.39, 0.29) is 24.2 Å². The Hall–Kier alpha value is -2.90. The number of aliphatic imine (C=N–C) groups is 4. The summed E-state index contributed by atoms with van der Waals surface area (Å²) in [6.07, 6.45) is 0. The van der Waals surface area contributed by atoms with E-state index in [4.69, 9.17) is 18.9 Å². The highest BCUT2D eigenvalue weighted by Gasteiger charge is 2.31. The van der Waals surface area contributed by atoms with Crippen LogP contribution < -0.4 is 0 Å².